The molecule has 0 atom stereocenters. The fourth-order valence-electron chi connectivity index (χ4n) is 2.24. The molecule has 1 heterocycles. The van der Waals surface area contributed by atoms with E-state index in [0.717, 1.165) is 23.1 Å². The lowest BCUT2D eigenvalue weighted by atomic mass is 10.2. The number of fused-ring (bicyclic) bond motifs is 1. The third kappa shape index (κ3) is 4.38. The van der Waals surface area contributed by atoms with Gasteiger partial charge in [-0.05, 0) is 30.9 Å². The van der Waals surface area contributed by atoms with Crippen molar-refractivity contribution in [3.63, 3.8) is 0 Å². The molecule has 3 N–H and O–H groups in total. The standard InChI is InChI=1S/C16H22N2OS2/c1-20-11-7-3-2-6-10-18-16(19)15-14(17)12-8-4-5-9-13(12)21-15/h4-5,8-9H,2-3,6-7,10-11,17H2,1H3,(H,18,19). The number of hydrogen-bond donors (Lipinski definition) is 2. The van der Waals surface area contributed by atoms with Crippen LogP contribution in [-0.2, 0) is 0 Å². The van der Waals surface area contributed by atoms with E-state index in [1.807, 2.05) is 36.0 Å². The largest absolute Gasteiger partial charge is 0.397 e. The van der Waals surface area contributed by atoms with Crippen molar-refractivity contribution in [3.8, 4) is 0 Å². The highest BCUT2D eigenvalue weighted by molar-refractivity contribution is 7.98. The molecule has 0 unspecified atom stereocenters. The third-order valence-corrected chi connectivity index (χ3v) is 5.28. The van der Waals surface area contributed by atoms with Crippen LogP contribution in [-0.4, -0.2) is 24.5 Å². The first-order chi connectivity index (χ1) is 10.2. The normalized spacial score (nSPS) is 10.9. The quantitative estimate of drug-likeness (QED) is 0.718. The number of carbonyl (C=O) groups is 1. The Hall–Kier alpha value is -1.20. The van der Waals surface area contributed by atoms with Crippen molar-refractivity contribution in [1.29, 1.82) is 0 Å². The van der Waals surface area contributed by atoms with Gasteiger partial charge in [0.25, 0.3) is 5.91 Å². The maximum atomic E-state index is 12.2. The second-order valence-corrected chi connectivity index (χ2v) is 7.04. The minimum atomic E-state index is -0.0437. The molecule has 1 amide bonds. The van der Waals surface area contributed by atoms with Gasteiger partial charge >= 0.3 is 0 Å². The van der Waals surface area contributed by atoms with E-state index < -0.39 is 0 Å². The summed E-state index contributed by atoms with van der Waals surface area (Å²) in [5.41, 5.74) is 6.68. The maximum absolute atomic E-state index is 12.2. The molecule has 2 aromatic rings. The SMILES string of the molecule is CSCCCCCCNC(=O)c1sc2ccccc2c1N. The van der Waals surface area contributed by atoms with Crippen LogP contribution in [0, 0.1) is 0 Å². The third-order valence-electron chi connectivity index (χ3n) is 3.40. The zero-order valence-electron chi connectivity index (χ0n) is 12.4. The molecular weight excluding hydrogens is 300 g/mol. The van der Waals surface area contributed by atoms with Gasteiger partial charge in [-0.1, -0.05) is 31.0 Å². The van der Waals surface area contributed by atoms with Crippen molar-refractivity contribution in [3.05, 3.63) is 29.1 Å². The Labute approximate surface area is 134 Å². The molecule has 0 radical (unpaired) electrons. The molecule has 0 saturated carbocycles. The number of nitrogens with two attached hydrogens (primary N) is 1. The van der Waals surface area contributed by atoms with Crippen molar-refractivity contribution < 1.29 is 4.79 Å². The van der Waals surface area contributed by atoms with Crippen molar-refractivity contribution in [1.82, 2.24) is 5.32 Å². The average Bonchev–Trinajstić information content (AvgIpc) is 2.84. The summed E-state index contributed by atoms with van der Waals surface area (Å²) >= 11 is 3.36. The van der Waals surface area contributed by atoms with Gasteiger partial charge in [-0.2, -0.15) is 11.8 Å². The van der Waals surface area contributed by atoms with E-state index in [0.29, 0.717) is 10.6 Å². The smallest absolute Gasteiger partial charge is 0.263 e. The molecule has 0 aliphatic carbocycles. The topological polar surface area (TPSA) is 55.1 Å². The summed E-state index contributed by atoms with van der Waals surface area (Å²) in [5, 5.41) is 3.95. The lowest BCUT2D eigenvalue weighted by Crippen LogP contribution is -2.24. The molecule has 3 nitrogen and oxygen atoms in total. The molecule has 0 aliphatic rings. The molecule has 0 bridgehead atoms. The predicted molar refractivity (Wildman–Crippen MR) is 95.4 cm³/mol. The van der Waals surface area contributed by atoms with Gasteiger partial charge in [-0.15, -0.1) is 11.3 Å². The zero-order chi connectivity index (χ0) is 15.1. The zero-order valence-corrected chi connectivity index (χ0v) is 14.0. The van der Waals surface area contributed by atoms with Crippen LogP contribution >= 0.6 is 23.1 Å². The Morgan fingerprint density at radius 2 is 2.00 bits per heavy atom. The molecule has 0 fully saturated rings. The van der Waals surface area contributed by atoms with Gasteiger partial charge in [0.2, 0.25) is 0 Å². The Morgan fingerprint density at radius 3 is 2.76 bits per heavy atom. The highest BCUT2D eigenvalue weighted by Crippen LogP contribution is 2.33. The van der Waals surface area contributed by atoms with E-state index in [9.17, 15) is 4.79 Å². The van der Waals surface area contributed by atoms with Gasteiger partial charge in [-0.3, -0.25) is 4.79 Å². The van der Waals surface area contributed by atoms with Gasteiger partial charge in [0.1, 0.15) is 4.88 Å². The summed E-state index contributed by atoms with van der Waals surface area (Å²) in [4.78, 5) is 12.8. The van der Waals surface area contributed by atoms with Crippen molar-refractivity contribution in [2.24, 2.45) is 0 Å². The van der Waals surface area contributed by atoms with Gasteiger partial charge < -0.3 is 11.1 Å². The molecule has 0 aliphatic heterocycles. The number of rotatable bonds is 8. The molecule has 1 aromatic heterocycles. The second kappa shape index (κ2) is 8.29. The van der Waals surface area contributed by atoms with Gasteiger partial charge in [0.05, 0.1) is 5.69 Å². The average molecular weight is 322 g/mol. The molecule has 1 aromatic carbocycles. The highest BCUT2D eigenvalue weighted by atomic mass is 32.2. The van der Waals surface area contributed by atoms with Gasteiger partial charge in [0, 0.05) is 16.6 Å². The number of hydrogen-bond acceptors (Lipinski definition) is 4. The number of unbranched alkanes of at least 4 members (excludes halogenated alkanes) is 3. The predicted octanol–water partition coefficient (Wildman–Crippen LogP) is 4.14. The number of thioether (sulfide) groups is 1. The number of carbonyl (C=O) groups excluding carboxylic acids is 1. The molecule has 0 saturated heterocycles. The number of amides is 1. The first kappa shape index (κ1) is 16.2. The lowest BCUT2D eigenvalue weighted by molar-refractivity contribution is 0.0958. The summed E-state index contributed by atoms with van der Waals surface area (Å²) in [6, 6.07) is 7.87. The Kier molecular flexibility index (Phi) is 6.39. The first-order valence-electron chi connectivity index (χ1n) is 7.28. The van der Waals surface area contributed by atoms with Gasteiger partial charge in [-0.25, -0.2) is 0 Å². The number of thiophene rings is 1. The molecule has 0 spiro atoms. The molecule has 5 heteroatoms. The van der Waals surface area contributed by atoms with Gasteiger partial charge in [0.15, 0.2) is 0 Å². The van der Waals surface area contributed by atoms with E-state index in [1.165, 1.54) is 36.4 Å². The highest BCUT2D eigenvalue weighted by Gasteiger charge is 2.15. The molecule has 114 valence electrons. The van der Waals surface area contributed by atoms with Crippen LogP contribution in [0.3, 0.4) is 0 Å². The minimum Gasteiger partial charge on any atom is -0.397 e. The van der Waals surface area contributed by atoms with Crippen LogP contribution in [0.25, 0.3) is 10.1 Å². The number of anilines is 1. The molecule has 2 rings (SSSR count). The summed E-state index contributed by atoms with van der Waals surface area (Å²) in [7, 11) is 0. The van der Waals surface area contributed by atoms with Crippen molar-refractivity contribution in [2.45, 2.75) is 25.7 Å². The van der Waals surface area contributed by atoms with E-state index in [1.54, 1.807) is 0 Å². The van der Waals surface area contributed by atoms with Crippen LogP contribution in [0.15, 0.2) is 24.3 Å². The van der Waals surface area contributed by atoms with Crippen LogP contribution in [0.2, 0.25) is 0 Å². The van der Waals surface area contributed by atoms with Crippen LogP contribution < -0.4 is 11.1 Å². The maximum Gasteiger partial charge on any atom is 0.263 e. The number of benzene rings is 1. The monoisotopic (exact) mass is 322 g/mol. The Morgan fingerprint density at radius 1 is 1.24 bits per heavy atom. The van der Waals surface area contributed by atoms with E-state index in [-0.39, 0.29) is 5.91 Å². The van der Waals surface area contributed by atoms with E-state index >= 15 is 0 Å². The van der Waals surface area contributed by atoms with E-state index in [2.05, 4.69) is 11.6 Å². The Bertz CT molecular complexity index is 595. The van der Waals surface area contributed by atoms with Crippen molar-refractivity contribution in [2.75, 3.05) is 24.3 Å². The summed E-state index contributed by atoms with van der Waals surface area (Å²) in [5.74, 6) is 1.18. The van der Waals surface area contributed by atoms with E-state index in [4.69, 9.17) is 5.73 Å². The lowest BCUT2D eigenvalue weighted by Gasteiger charge is -2.04. The number of nitrogen functional groups attached to an aromatic ring is 1. The first-order valence-corrected chi connectivity index (χ1v) is 9.49. The van der Waals surface area contributed by atoms with Crippen molar-refractivity contribution >= 4 is 44.8 Å². The van der Waals surface area contributed by atoms with Crippen LogP contribution in [0.1, 0.15) is 35.4 Å². The van der Waals surface area contributed by atoms with Crippen LogP contribution in [0.4, 0.5) is 5.69 Å². The fourth-order valence-corrected chi connectivity index (χ4v) is 3.77. The van der Waals surface area contributed by atoms with Crippen LogP contribution in [0.5, 0.6) is 0 Å². The molecular formula is C16H22N2OS2. The Balaban J connectivity index is 1.81. The molecule has 21 heavy (non-hydrogen) atoms. The number of nitrogens with one attached hydrogen (secondary N) is 1. The summed E-state index contributed by atoms with van der Waals surface area (Å²) in [6.45, 7) is 0.728. The fraction of sp³-hybridized carbons (Fsp3) is 0.438. The summed E-state index contributed by atoms with van der Waals surface area (Å²) < 4.78 is 1.07. The second-order valence-electron chi connectivity index (χ2n) is 5.00. The minimum absolute atomic E-state index is 0.0437. The summed E-state index contributed by atoms with van der Waals surface area (Å²) in [6.07, 6.45) is 6.84.